The minimum absolute atomic E-state index is 0.249. The van der Waals surface area contributed by atoms with Crippen molar-refractivity contribution in [2.24, 2.45) is 0 Å². The summed E-state index contributed by atoms with van der Waals surface area (Å²) in [7, 11) is 0. The first-order valence-electron chi connectivity index (χ1n) is 5.81. The summed E-state index contributed by atoms with van der Waals surface area (Å²) in [6, 6.07) is 5.77. The number of anilines is 1. The van der Waals surface area contributed by atoms with Crippen LogP contribution in [0.25, 0.3) is 0 Å². The van der Waals surface area contributed by atoms with Crippen LogP contribution in [-0.2, 0) is 6.18 Å². The highest BCUT2D eigenvalue weighted by Gasteiger charge is 2.34. The highest BCUT2D eigenvalue weighted by Crippen LogP contribution is 2.35. The molecule has 5 heteroatoms. The molecular formula is C13H13F3N2. The molecule has 1 atom stereocenters. The van der Waals surface area contributed by atoms with Gasteiger partial charge in [-0.05, 0) is 38.0 Å². The Morgan fingerprint density at radius 3 is 2.61 bits per heavy atom. The first-order valence-corrected chi connectivity index (χ1v) is 5.81. The van der Waals surface area contributed by atoms with Crippen LogP contribution in [-0.4, -0.2) is 12.6 Å². The Morgan fingerprint density at radius 2 is 2.11 bits per heavy atom. The number of hydrogen-bond donors (Lipinski definition) is 0. The fourth-order valence-electron chi connectivity index (χ4n) is 2.36. The minimum atomic E-state index is -4.48. The lowest BCUT2D eigenvalue weighted by atomic mass is 10.1. The van der Waals surface area contributed by atoms with Crippen LogP contribution in [0.15, 0.2) is 18.2 Å². The zero-order valence-electron chi connectivity index (χ0n) is 9.96. The Labute approximate surface area is 104 Å². The maximum absolute atomic E-state index is 12.8. The lowest BCUT2D eigenvalue weighted by molar-refractivity contribution is -0.137. The van der Waals surface area contributed by atoms with Crippen molar-refractivity contribution in [3.8, 4) is 6.07 Å². The Hall–Kier alpha value is -1.70. The van der Waals surface area contributed by atoms with Crippen LogP contribution in [0.3, 0.4) is 0 Å². The van der Waals surface area contributed by atoms with E-state index < -0.39 is 11.7 Å². The van der Waals surface area contributed by atoms with Gasteiger partial charge in [-0.15, -0.1) is 0 Å². The van der Waals surface area contributed by atoms with E-state index in [1.165, 1.54) is 6.07 Å². The van der Waals surface area contributed by atoms with Crippen molar-refractivity contribution in [2.45, 2.75) is 32.0 Å². The van der Waals surface area contributed by atoms with E-state index in [1.54, 1.807) is 12.1 Å². The third kappa shape index (κ3) is 2.28. The second kappa shape index (κ2) is 4.52. The van der Waals surface area contributed by atoms with E-state index in [1.807, 2.05) is 11.8 Å². The monoisotopic (exact) mass is 254 g/mol. The van der Waals surface area contributed by atoms with Crippen molar-refractivity contribution < 1.29 is 13.2 Å². The van der Waals surface area contributed by atoms with Crippen LogP contribution in [0.4, 0.5) is 18.9 Å². The van der Waals surface area contributed by atoms with E-state index in [-0.39, 0.29) is 11.6 Å². The molecule has 1 fully saturated rings. The molecule has 0 radical (unpaired) electrons. The molecule has 2 rings (SSSR count). The molecule has 1 aromatic carbocycles. The number of halogens is 3. The van der Waals surface area contributed by atoms with Crippen molar-refractivity contribution in [3.63, 3.8) is 0 Å². The SMILES string of the molecule is CC1CCCN1c1ccc(C#N)c(C(F)(F)F)c1. The second-order valence-corrected chi connectivity index (χ2v) is 4.52. The summed E-state index contributed by atoms with van der Waals surface area (Å²) in [5.74, 6) is 0. The van der Waals surface area contributed by atoms with Crippen LogP contribution in [0.1, 0.15) is 30.9 Å². The predicted molar refractivity (Wildman–Crippen MR) is 62.2 cm³/mol. The van der Waals surface area contributed by atoms with E-state index in [9.17, 15) is 13.2 Å². The predicted octanol–water partition coefficient (Wildman–Crippen LogP) is 3.57. The van der Waals surface area contributed by atoms with Gasteiger partial charge in [-0.25, -0.2) is 0 Å². The molecule has 96 valence electrons. The van der Waals surface area contributed by atoms with Gasteiger partial charge in [0.1, 0.15) is 0 Å². The zero-order chi connectivity index (χ0) is 13.3. The molecular weight excluding hydrogens is 241 g/mol. The highest BCUT2D eigenvalue weighted by atomic mass is 19.4. The molecule has 0 saturated carbocycles. The summed E-state index contributed by atoms with van der Waals surface area (Å²) < 4.78 is 38.5. The smallest absolute Gasteiger partial charge is 0.369 e. The molecule has 2 nitrogen and oxygen atoms in total. The van der Waals surface area contributed by atoms with Gasteiger partial charge in [0.2, 0.25) is 0 Å². The molecule has 1 aliphatic heterocycles. The summed E-state index contributed by atoms with van der Waals surface area (Å²) in [5, 5.41) is 8.73. The van der Waals surface area contributed by atoms with Crippen molar-refractivity contribution in [3.05, 3.63) is 29.3 Å². The average molecular weight is 254 g/mol. The lowest BCUT2D eigenvalue weighted by Crippen LogP contribution is -2.26. The number of hydrogen-bond acceptors (Lipinski definition) is 2. The number of rotatable bonds is 1. The van der Waals surface area contributed by atoms with E-state index in [2.05, 4.69) is 0 Å². The second-order valence-electron chi connectivity index (χ2n) is 4.52. The molecule has 0 aliphatic carbocycles. The Morgan fingerprint density at radius 1 is 1.39 bits per heavy atom. The molecule has 0 N–H and O–H groups in total. The van der Waals surface area contributed by atoms with Gasteiger partial charge in [0.05, 0.1) is 17.2 Å². The van der Waals surface area contributed by atoms with Gasteiger partial charge in [-0.2, -0.15) is 18.4 Å². The number of alkyl halides is 3. The van der Waals surface area contributed by atoms with Gasteiger partial charge >= 0.3 is 6.18 Å². The minimum Gasteiger partial charge on any atom is -0.369 e. The summed E-state index contributed by atoms with van der Waals surface area (Å²) in [4.78, 5) is 1.95. The maximum Gasteiger partial charge on any atom is 0.417 e. The highest BCUT2D eigenvalue weighted by molar-refractivity contribution is 5.55. The first-order chi connectivity index (χ1) is 8.43. The van der Waals surface area contributed by atoms with E-state index in [0.717, 1.165) is 25.5 Å². The summed E-state index contributed by atoms with van der Waals surface area (Å²) in [5.41, 5.74) is -0.619. The van der Waals surface area contributed by atoms with Crippen molar-refractivity contribution in [1.82, 2.24) is 0 Å². The summed E-state index contributed by atoms with van der Waals surface area (Å²) in [6.07, 6.45) is -2.51. The third-order valence-corrected chi connectivity index (χ3v) is 3.31. The molecule has 1 unspecified atom stereocenters. The topological polar surface area (TPSA) is 27.0 Å². The average Bonchev–Trinajstić information content (AvgIpc) is 2.73. The molecule has 0 spiro atoms. The molecule has 1 heterocycles. The number of nitriles is 1. The van der Waals surface area contributed by atoms with Gasteiger partial charge < -0.3 is 4.90 Å². The van der Waals surface area contributed by atoms with Crippen LogP contribution in [0, 0.1) is 11.3 Å². The Kier molecular flexibility index (Phi) is 3.20. The standard InChI is InChI=1S/C13H13F3N2/c1-9-3-2-6-18(9)11-5-4-10(8-17)12(7-11)13(14,15)16/h4-5,7,9H,2-3,6H2,1H3. The fourth-order valence-corrected chi connectivity index (χ4v) is 2.36. The molecule has 0 aromatic heterocycles. The van der Waals surface area contributed by atoms with Gasteiger partial charge in [0.25, 0.3) is 0 Å². The molecule has 0 amide bonds. The fraction of sp³-hybridized carbons (Fsp3) is 0.462. The van der Waals surface area contributed by atoms with Gasteiger partial charge in [-0.1, -0.05) is 0 Å². The first kappa shape index (κ1) is 12.7. The van der Waals surface area contributed by atoms with E-state index >= 15 is 0 Å². The van der Waals surface area contributed by atoms with Crippen molar-refractivity contribution in [1.29, 1.82) is 5.26 Å². The van der Waals surface area contributed by atoms with Gasteiger partial charge in [0, 0.05) is 18.3 Å². The van der Waals surface area contributed by atoms with Gasteiger partial charge in [-0.3, -0.25) is 0 Å². The number of benzene rings is 1. The quantitative estimate of drug-likeness (QED) is 0.766. The Balaban J connectivity index is 2.44. The Bertz CT molecular complexity index is 488. The van der Waals surface area contributed by atoms with Crippen LogP contribution in [0.5, 0.6) is 0 Å². The van der Waals surface area contributed by atoms with Crippen molar-refractivity contribution >= 4 is 5.69 Å². The maximum atomic E-state index is 12.8. The normalized spacial score (nSPS) is 19.9. The zero-order valence-corrected chi connectivity index (χ0v) is 9.96. The van der Waals surface area contributed by atoms with Gasteiger partial charge in [0.15, 0.2) is 0 Å². The molecule has 1 aromatic rings. The van der Waals surface area contributed by atoms with Crippen molar-refractivity contribution in [2.75, 3.05) is 11.4 Å². The van der Waals surface area contributed by atoms with E-state index in [4.69, 9.17) is 5.26 Å². The number of nitrogens with zero attached hydrogens (tertiary/aromatic N) is 2. The molecule has 18 heavy (non-hydrogen) atoms. The molecule has 1 saturated heterocycles. The lowest BCUT2D eigenvalue weighted by Gasteiger charge is -2.25. The summed E-state index contributed by atoms with van der Waals surface area (Å²) >= 11 is 0. The molecule has 1 aliphatic rings. The largest absolute Gasteiger partial charge is 0.417 e. The summed E-state index contributed by atoms with van der Waals surface area (Å²) in [6.45, 7) is 2.77. The molecule has 0 bridgehead atoms. The van der Waals surface area contributed by atoms with Crippen LogP contribution < -0.4 is 4.90 Å². The van der Waals surface area contributed by atoms with Crippen LogP contribution in [0.2, 0.25) is 0 Å². The van der Waals surface area contributed by atoms with Crippen LogP contribution >= 0.6 is 0 Å². The third-order valence-electron chi connectivity index (χ3n) is 3.31. The van der Waals surface area contributed by atoms with E-state index in [0.29, 0.717) is 5.69 Å².